The van der Waals surface area contributed by atoms with Gasteiger partial charge in [0, 0.05) is 18.2 Å². The number of aromatic hydroxyl groups is 1. The van der Waals surface area contributed by atoms with E-state index in [0.717, 1.165) is 31.4 Å². The molecule has 0 amide bonds. The average Bonchev–Trinajstić information content (AvgIpc) is 2.65. The number of ether oxygens (including phenoxy) is 1. The SMILES string of the molecule is CC(CN1CCC2(C)CC1Cc1c(O)cccc12)OCc1c(F)cccc1F.Cl.Cl. The maximum Gasteiger partial charge on any atom is 0.131 e. The predicted molar refractivity (Wildman–Crippen MR) is 119 cm³/mol. The molecule has 4 rings (SSSR count). The Kier molecular flexibility index (Phi) is 8.14. The van der Waals surface area contributed by atoms with Crippen LogP contribution in [0, 0.1) is 11.6 Å². The minimum Gasteiger partial charge on any atom is -0.508 e. The highest BCUT2D eigenvalue weighted by Gasteiger charge is 2.43. The fourth-order valence-electron chi connectivity index (χ4n) is 4.88. The Morgan fingerprint density at radius 2 is 1.83 bits per heavy atom. The first-order chi connectivity index (χ1) is 13.4. The van der Waals surface area contributed by atoms with Gasteiger partial charge < -0.3 is 9.84 Å². The summed E-state index contributed by atoms with van der Waals surface area (Å²) >= 11 is 0. The standard InChI is InChI=1S/C23H27F2NO2.2ClH/c1-15(28-14-18-20(24)6-4-7-21(18)25)13-26-10-9-23(2)12-16(26)11-17-19(23)5-3-8-22(17)27;;/h3-8,15-16,27H,9-14H2,1-2H3;2*1H. The lowest BCUT2D eigenvalue weighted by atomic mass is 9.65. The van der Waals surface area contributed by atoms with Crippen molar-refractivity contribution < 1.29 is 18.6 Å². The Morgan fingerprint density at radius 1 is 1.17 bits per heavy atom. The molecule has 7 heteroatoms. The van der Waals surface area contributed by atoms with Gasteiger partial charge in [-0.25, -0.2) is 8.78 Å². The van der Waals surface area contributed by atoms with Crippen molar-refractivity contribution in [2.45, 2.75) is 57.3 Å². The Bertz CT molecular complexity index is 862. The van der Waals surface area contributed by atoms with Gasteiger partial charge in [0.25, 0.3) is 0 Å². The Labute approximate surface area is 189 Å². The molecule has 0 aromatic heterocycles. The van der Waals surface area contributed by atoms with Crippen LogP contribution < -0.4 is 0 Å². The zero-order valence-electron chi connectivity index (χ0n) is 17.2. The fraction of sp³-hybridized carbons (Fsp3) is 0.478. The highest BCUT2D eigenvalue weighted by molar-refractivity contribution is 5.85. The first-order valence-corrected chi connectivity index (χ1v) is 9.97. The summed E-state index contributed by atoms with van der Waals surface area (Å²) in [5.41, 5.74) is 2.42. The molecular weight excluding hydrogens is 431 g/mol. The minimum absolute atomic E-state index is 0. The number of fused-ring (bicyclic) bond motifs is 4. The first kappa shape index (κ1) is 24.9. The molecule has 1 N–H and O–H groups in total. The van der Waals surface area contributed by atoms with Gasteiger partial charge >= 0.3 is 0 Å². The molecule has 0 radical (unpaired) electrons. The zero-order valence-corrected chi connectivity index (χ0v) is 18.9. The molecule has 3 atom stereocenters. The third-order valence-corrected chi connectivity index (χ3v) is 6.46. The molecule has 30 heavy (non-hydrogen) atoms. The summed E-state index contributed by atoms with van der Waals surface area (Å²) in [5.74, 6) is -0.754. The summed E-state index contributed by atoms with van der Waals surface area (Å²) in [5, 5.41) is 10.3. The minimum atomic E-state index is -0.569. The van der Waals surface area contributed by atoms with Crippen LogP contribution in [0.15, 0.2) is 36.4 Å². The van der Waals surface area contributed by atoms with E-state index < -0.39 is 11.6 Å². The predicted octanol–water partition coefficient (Wildman–Crippen LogP) is 5.40. The van der Waals surface area contributed by atoms with Gasteiger partial charge in [0.15, 0.2) is 0 Å². The van der Waals surface area contributed by atoms with Crippen molar-refractivity contribution in [2.24, 2.45) is 0 Å². The van der Waals surface area contributed by atoms with Crippen LogP contribution >= 0.6 is 24.8 Å². The molecule has 2 bridgehead atoms. The van der Waals surface area contributed by atoms with Crippen molar-refractivity contribution in [3.63, 3.8) is 0 Å². The number of hydrogen-bond acceptors (Lipinski definition) is 3. The van der Waals surface area contributed by atoms with Gasteiger partial charge in [-0.3, -0.25) is 4.90 Å². The molecule has 3 nitrogen and oxygen atoms in total. The molecule has 1 saturated heterocycles. The van der Waals surface area contributed by atoms with Crippen LogP contribution in [-0.4, -0.2) is 35.2 Å². The van der Waals surface area contributed by atoms with Crippen LogP contribution in [0.2, 0.25) is 0 Å². The van der Waals surface area contributed by atoms with Gasteiger partial charge in [-0.1, -0.05) is 25.1 Å². The van der Waals surface area contributed by atoms with E-state index in [1.807, 2.05) is 13.0 Å². The maximum absolute atomic E-state index is 13.8. The topological polar surface area (TPSA) is 32.7 Å². The van der Waals surface area contributed by atoms with E-state index in [4.69, 9.17) is 4.74 Å². The summed E-state index contributed by atoms with van der Waals surface area (Å²) < 4.78 is 33.4. The Balaban J connectivity index is 0.00000160. The lowest BCUT2D eigenvalue weighted by Crippen LogP contribution is -2.53. The number of phenols is 1. The molecule has 3 unspecified atom stereocenters. The number of rotatable bonds is 5. The molecular formula is C23H29Cl2F2NO2. The lowest BCUT2D eigenvalue weighted by molar-refractivity contribution is -0.00537. The van der Waals surface area contributed by atoms with Crippen molar-refractivity contribution in [3.8, 4) is 5.75 Å². The molecule has 166 valence electrons. The molecule has 1 heterocycles. The second-order valence-corrected chi connectivity index (χ2v) is 8.49. The van der Waals surface area contributed by atoms with E-state index in [0.29, 0.717) is 18.3 Å². The van der Waals surface area contributed by atoms with E-state index in [-0.39, 0.29) is 48.5 Å². The maximum atomic E-state index is 13.8. The van der Waals surface area contributed by atoms with E-state index >= 15 is 0 Å². The molecule has 2 aromatic carbocycles. The van der Waals surface area contributed by atoms with Gasteiger partial charge in [0.1, 0.15) is 17.4 Å². The Hall–Kier alpha value is -1.40. The van der Waals surface area contributed by atoms with Gasteiger partial charge in [0.2, 0.25) is 0 Å². The van der Waals surface area contributed by atoms with Crippen molar-refractivity contribution in [1.82, 2.24) is 4.90 Å². The third-order valence-electron chi connectivity index (χ3n) is 6.46. The molecule has 0 spiro atoms. The largest absolute Gasteiger partial charge is 0.508 e. The van der Waals surface area contributed by atoms with E-state index in [2.05, 4.69) is 17.9 Å². The highest BCUT2D eigenvalue weighted by Crippen LogP contribution is 2.46. The zero-order chi connectivity index (χ0) is 19.9. The van der Waals surface area contributed by atoms with E-state index in [1.54, 1.807) is 6.07 Å². The van der Waals surface area contributed by atoms with E-state index in [9.17, 15) is 13.9 Å². The van der Waals surface area contributed by atoms with Crippen LogP contribution in [0.1, 0.15) is 43.4 Å². The second-order valence-electron chi connectivity index (χ2n) is 8.49. The summed E-state index contributed by atoms with van der Waals surface area (Å²) in [6.45, 7) is 5.83. The summed E-state index contributed by atoms with van der Waals surface area (Å²) in [7, 11) is 0. The molecule has 1 fully saturated rings. The quantitative estimate of drug-likeness (QED) is 0.649. The number of halogens is 4. The average molecular weight is 460 g/mol. The summed E-state index contributed by atoms with van der Waals surface area (Å²) in [6, 6.07) is 10.1. The van der Waals surface area contributed by atoms with Crippen LogP contribution in [0.3, 0.4) is 0 Å². The van der Waals surface area contributed by atoms with Crippen molar-refractivity contribution in [3.05, 3.63) is 64.7 Å². The van der Waals surface area contributed by atoms with Crippen molar-refractivity contribution in [1.29, 1.82) is 0 Å². The number of phenolic OH excluding ortho intramolecular Hbond substituents is 1. The van der Waals surface area contributed by atoms with Gasteiger partial charge in [-0.2, -0.15) is 0 Å². The molecule has 1 aliphatic carbocycles. The third kappa shape index (κ3) is 4.75. The number of benzene rings is 2. The first-order valence-electron chi connectivity index (χ1n) is 9.97. The fourth-order valence-corrected chi connectivity index (χ4v) is 4.88. The highest BCUT2D eigenvalue weighted by atomic mass is 35.5. The summed E-state index contributed by atoms with van der Waals surface area (Å²) in [4.78, 5) is 2.40. The summed E-state index contributed by atoms with van der Waals surface area (Å²) in [6.07, 6.45) is 2.76. The molecule has 1 aliphatic heterocycles. The lowest BCUT2D eigenvalue weighted by Gasteiger charge is -2.50. The van der Waals surface area contributed by atoms with Crippen molar-refractivity contribution in [2.75, 3.05) is 13.1 Å². The smallest absolute Gasteiger partial charge is 0.131 e. The number of piperidine rings is 1. The number of likely N-dealkylation sites (tertiary alicyclic amines) is 1. The van der Waals surface area contributed by atoms with Gasteiger partial charge in [0.05, 0.1) is 12.7 Å². The monoisotopic (exact) mass is 459 g/mol. The Morgan fingerprint density at radius 3 is 2.53 bits per heavy atom. The van der Waals surface area contributed by atoms with Crippen LogP contribution in [0.25, 0.3) is 0 Å². The normalized spacial score (nSPS) is 23.7. The number of nitrogens with zero attached hydrogens (tertiary/aromatic N) is 1. The van der Waals surface area contributed by atoms with E-state index in [1.165, 1.54) is 23.8 Å². The van der Waals surface area contributed by atoms with Gasteiger partial charge in [-0.15, -0.1) is 24.8 Å². The second kappa shape index (κ2) is 9.82. The molecule has 2 aromatic rings. The van der Waals surface area contributed by atoms with Crippen molar-refractivity contribution >= 4 is 24.8 Å². The van der Waals surface area contributed by atoms with Gasteiger partial charge in [-0.05, 0) is 67.5 Å². The number of hydrogen-bond donors (Lipinski definition) is 1. The van der Waals surface area contributed by atoms with Crippen LogP contribution in [-0.2, 0) is 23.2 Å². The molecule has 0 saturated carbocycles. The van der Waals surface area contributed by atoms with Crippen LogP contribution in [0.5, 0.6) is 5.75 Å². The molecule has 2 aliphatic rings. The van der Waals surface area contributed by atoms with Crippen LogP contribution in [0.4, 0.5) is 8.78 Å².